The lowest BCUT2D eigenvalue weighted by atomic mass is 9.97. The van der Waals surface area contributed by atoms with Crippen molar-refractivity contribution in [3.05, 3.63) is 61.3 Å². The lowest BCUT2D eigenvalue weighted by Gasteiger charge is -2.32. The van der Waals surface area contributed by atoms with Gasteiger partial charge in [-0.2, -0.15) is 5.10 Å². The Morgan fingerprint density at radius 2 is 1.93 bits per heavy atom. The number of anilines is 2. The van der Waals surface area contributed by atoms with Gasteiger partial charge < -0.3 is 10.2 Å². The Bertz CT molecular complexity index is 1150. The average Bonchev–Trinajstić information content (AvgIpc) is 3.35. The number of benzene rings is 1. The molecule has 1 fully saturated rings. The smallest absolute Gasteiger partial charge is 0.229 e. The van der Waals surface area contributed by atoms with Crippen LogP contribution >= 0.6 is 0 Å². The predicted molar refractivity (Wildman–Crippen MR) is 112 cm³/mol. The van der Waals surface area contributed by atoms with E-state index in [4.69, 9.17) is 0 Å². The van der Waals surface area contributed by atoms with E-state index in [1.165, 1.54) is 6.33 Å². The van der Waals surface area contributed by atoms with Crippen molar-refractivity contribution < 1.29 is 4.79 Å². The Labute approximate surface area is 172 Å². The minimum Gasteiger partial charge on any atom is -0.354 e. The molecule has 1 aliphatic rings. The van der Waals surface area contributed by atoms with Gasteiger partial charge in [0.05, 0.1) is 17.1 Å². The SMILES string of the molecule is O=C(Nc1cccc2cccnc12)C1CCCN(c2ccc(-n3cncn3)nn2)C1. The number of nitrogens with zero attached hydrogens (tertiary/aromatic N) is 7. The van der Waals surface area contributed by atoms with E-state index in [-0.39, 0.29) is 11.8 Å². The molecule has 5 rings (SSSR count). The number of piperidine rings is 1. The monoisotopic (exact) mass is 400 g/mol. The molecule has 30 heavy (non-hydrogen) atoms. The third-order valence-corrected chi connectivity index (χ3v) is 5.30. The first-order valence-corrected chi connectivity index (χ1v) is 9.86. The first kappa shape index (κ1) is 18.2. The number of amides is 1. The lowest BCUT2D eigenvalue weighted by molar-refractivity contribution is -0.120. The molecule has 1 amide bonds. The number of para-hydroxylation sites is 1. The fraction of sp³-hybridized carbons (Fsp3) is 0.238. The molecule has 4 aromatic rings. The molecule has 3 aromatic heterocycles. The highest BCUT2D eigenvalue weighted by Gasteiger charge is 2.27. The first-order valence-electron chi connectivity index (χ1n) is 9.86. The molecule has 1 aromatic carbocycles. The van der Waals surface area contributed by atoms with Gasteiger partial charge in [0, 0.05) is 24.7 Å². The maximum Gasteiger partial charge on any atom is 0.229 e. The second kappa shape index (κ2) is 7.86. The largest absolute Gasteiger partial charge is 0.354 e. The number of carbonyl (C=O) groups excluding carboxylic acids is 1. The van der Waals surface area contributed by atoms with E-state index >= 15 is 0 Å². The van der Waals surface area contributed by atoms with Crippen LogP contribution in [0.2, 0.25) is 0 Å². The third kappa shape index (κ3) is 3.57. The lowest BCUT2D eigenvalue weighted by Crippen LogP contribution is -2.41. The van der Waals surface area contributed by atoms with Crippen LogP contribution < -0.4 is 10.2 Å². The molecule has 4 heterocycles. The molecule has 0 aliphatic carbocycles. The van der Waals surface area contributed by atoms with Gasteiger partial charge in [0.1, 0.15) is 12.7 Å². The van der Waals surface area contributed by atoms with Gasteiger partial charge in [0.15, 0.2) is 11.6 Å². The third-order valence-electron chi connectivity index (χ3n) is 5.30. The second-order valence-electron chi connectivity index (χ2n) is 7.24. The van der Waals surface area contributed by atoms with Gasteiger partial charge in [0.2, 0.25) is 5.91 Å². The van der Waals surface area contributed by atoms with Crippen molar-refractivity contribution >= 4 is 28.3 Å². The van der Waals surface area contributed by atoms with Crippen LogP contribution in [-0.4, -0.2) is 48.9 Å². The van der Waals surface area contributed by atoms with E-state index in [9.17, 15) is 4.79 Å². The van der Waals surface area contributed by atoms with Gasteiger partial charge in [0.25, 0.3) is 0 Å². The molecule has 9 heteroatoms. The van der Waals surface area contributed by atoms with E-state index in [0.717, 1.165) is 41.8 Å². The molecular weight excluding hydrogens is 380 g/mol. The summed E-state index contributed by atoms with van der Waals surface area (Å²) in [6.45, 7) is 1.44. The van der Waals surface area contributed by atoms with Crippen molar-refractivity contribution in [3.63, 3.8) is 0 Å². The van der Waals surface area contributed by atoms with E-state index in [2.05, 4.69) is 35.5 Å². The van der Waals surface area contributed by atoms with Crippen molar-refractivity contribution in [2.45, 2.75) is 12.8 Å². The zero-order chi connectivity index (χ0) is 20.3. The molecule has 1 saturated heterocycles. The standard InChI is InChI=1S/C21H20N8O/c30-21(25-17-7-1-4-15-5-2-10-23-20(15)17)16-6-3-11-28(12-16)18-8-9-19(27-26-18)29-14-22-13-24-29/h1-2,4-5,7-10,13-14,16H,3,6,11-12H2,(H,25,30). The molecule has 0 radical (unpaired) electrons. The zero-order valence-corrected chi connectivity index (χ0v) is 16.2. The number of hydrogen-bond acceptors (Lipinski definition) is 7. The van der Waals surface area contributed by atoms with Crippen LogP contribution in [0.15, 0.2) is 61.3 Å². The molecule has 0 spiro atoms. The van der Waals surface area contributed by atoms with Crippen molar-refractivity contribution in [1.29, 1.82) is 0 Å². The van der Waals surface area contributed by atoms with Gasteiger partial charge >= 0.3 is 0 Å². The van der Waals surface area contributed by atoms with Crippen molar-refractivity contribution in [1.82, 2.24) is 29.9 Å². The van der Waals surface area contributed by atoms with Crippen LogP contribution in [0.5, 0.6) is 0 Å². The summed E-state index contributed by atoms with van der Waals surface area (Å²) < 4.78 is 1.56. The summed E-state index contributed by atoms with van der Waals surface area (Å²) in [5, 5.41) is 16.7. The highest BCUT2D eigenvalue weighted by molar-refractivity contribution is 6.01. The Hall–Kier alpha value is -3.88. The van der Waals surface area contributed by atoms with E-state index in [1.807, 2.05) is 42.5 Å². The summed E-state index contributed by atoms with van der Waals surface area (Å²) in [5.74, 6) is 1.23. The Morgan fingerprint density at radius 3 is 2.77 bits per heavy atom. The van der Waals surface area contributed by atoms with Crippen LogP contribution in [0.3, 0.4) is 0 Å². The Morgan fingerprint density at radius 1 is 1.07 bits per heavy atom. The molecular formula is C21H20N8O. The summed E-state index contributed by atoms with van der Waals surface area (Å²) in [4.78, 5) is 23.4. The Balaban J connectivity index is 1.29. The predicted octanol–water partition coefficient (Wildman–Crippen LogP) is 2.46. The second-order valence-corrected chi connectivity index (χ2v) is 7.24. The normalized spacial score (nSPS) is 16.5. The van der Waals surface area contributed by atoms with Gasteiger partial charge in [-0.05, 0) is 37.1 Å². The van der Waals surface area contributed by atoms with Gasteiger partial charge in [-0.1, -0.05) is 18.2 Å². The molecule has 9 nitrogen and oxygen atoms in total. The van der Waals surface area contributed by atoms with Crippen molar-refractivity contribution in [2.75, 3.05) is 23.3 Å². The topological polar surface area (TPSA) is 102 Å². The van der Waals surface area contributed by atoms with Crippen LogP contribution in [0.4, 0.5) is 11.5 Å². The number of rotatable bonds is 4. The minimum absolute atomic E-state index is 0.00467. The van der Waals surface area contributed by atoms with Gasteiger partial charge in [-0.15, -0.1) is 10.2 Å². The zero-order valence-electron chi connectivity index (χ0n) is 16.2. The fourth-order valence-electron chi connectivity index (χ4n) is 3.77. The molecule has 1 aliphatic heterocycles. The maximum absolute atomic E-state index is 13.0. The Kier molecular flexibility index (Phi) is 4.76. The quantitative estimate of drug-likeness (QED) is 0.561. The molecule has 0 bridgehead atoms. The number of hydrogen-bond donors (Lipinski definition) is 1. The van der Waals surface area contributed by atoms with Gasteiger partial charge in [-0.25, -0.2) is 9.67 Å². The number of carbonyl (C=O) groups is 1. The van der Waals surface area contributed by atoms with Crippen LogP contribution in [0.1, 0.15) is 12.8 Å². The van der Waals surface area contributed by atoms with Crippen LogP contribution in [0.25, 0.3) is 16.7 Å². The molecule has 1 unspecified atom stereocenters. The summed E-state index contributed by atoms with van der Waals surface area (Å²) in [6, 6.07) is 13.4. The number of fused-ring (bicyclic) bond motifs is 1. The minimum atomic E-state index is -0.130. The molecule has 1 N–H and O–H groups in total. The summed E-state index contributed by atoms with van der Waals surface area (Å²) >= 11 is 0. The highest BCUT2D eigenvalue weighted by atomic mass is 16.1. The average molecular weight is 400 g/mol. The van der Waals surface area contributed by atoms with E-state index in [1.54, 1.807) is 17.2 Å². The number of aromatic nitrogens is 6. The summed E-state index contributed by atoms with van der Waals surface area (Å²) in [6.07, 6.45) is 6.52. The number of nitrogens with one attached hydrogen (secondary N) is 1. The number of pyridine rings is 1. The first-order chi connectivity index (χ1) is 14.8. The van der Waals surface area contributed by atoms with Crippen LogP contribution in [0, 0.1) is 5.92 Å². The van der Waals surface area contributed by atoms with E-state index in [0.29, 0.717) is 12.4 Å². The van der Waals surface area contributed by atoms with Crippen LogP contribution in [-0.2, 0) is 4.79 Å². The summed E-state index contributed by atoms with van der Waals surface area (Å²) in [5.41, 5.74) is 1.54. The van der Waals surface area contributed by atoms with Crippen molar-refractivity contribution in [3.8, 4) is 5.82 Å². The molecule has 150 valence electrons. The summed E-state index contributed by atoms with van der Waals surface area (Å²) in [7, 11) is 0. The van der Waals surface area contributed by atoms with E-state index < -0.39 is 0 Å². The fourth-order valence-corrected chi connectivity index (χ4v) is 3.77. The molecule has 1 atom stereocenters. The molecule has 0 saturated carbocycles. The van der Waals surface area contributed by atoms with Gasteiger partial charge in [-0.3, -0.25) is 9.78 Å². The van der Waals surface area contributed by atoms with Crippen molar-refractivity contribution in [2.24, 2.45) is 5.92 Å². The maximum atomic E-state index is 13.0. The highest BCUT2D eigenvalue weighted by Crippen LogP contribution is 2.25.